The van der Waals surface area contributed by atoms with E-state index in [-0.39, 0.29) is 5.91 Å². The van der Waals surface area contributed by atoms with Gasteiger partial charge in [0.1, 0.15) is 0 Å². The summed E-state index contributed by atoms with van der Waals surface area (Å²) in [7, 11) is 0. The van der Waals surface area contributed by atoms with E-state index in [1.807, 2.05) is 48.5 Å². The van der Waals surface area contributed by atoms with E-state index in [9.17, 15) is 4.79 Å². The monoisotopic (exact) mass is 302 g/mol. The highest BCUT2D eigenvalue weighted by Crippen LogP contribution is 2.11. The normalized spacial score (nSPS) is 10.4. The Hall–Kier alpha value is -1.84. The summed E-state index contributed by atoms with van der Waals surface area (Å²) in [6.07, 6.45) is 1.13. The molecule has 0 aliphatic rings. The molecule has 0 aliphatic heterocycles. The highest BCUT2D eigenvalue weighted by molar-refractivity contribution is 6.30. The summed E-state index contributed by atoms with van der Waals surface area (Å²) in [4.78, 5) is 12.0. The quantitative estimate of drug-likeness (QED) is 0.862. The van der Waals surface area contributed by atoms with Gasteiger partial charge in [-0.3, -0.25) is 4.79 Å². The number of hydrogen-bond donors (Lipinski definition) is 2. The lowest BCUT2D eigenvalue weighted by Gasteiger charge is -2.08. The fraction of sp³-hybridized carbons (Fsp3) is 0.235. The van der Waals surface area contributed by atoms with Gasteiger partial charge in [0.25, 0.3) is 0 Å². The molecule has 0 aromatic heterocycles. The van der Waals surface area contributed by atoms with Crippen molar-refractivity contribution in [3.05, 3.63) is 70.2 Å². The average Bonchev–Trinajstić information content (AvgIpc) is 2.48. The van der Waals surface area contributed by atoms with Crippen LogP contribution in [-0.2, 0) is 24.2 Å². The fourth-order valence-corrected chi connectivity index (χ4v) is 2.42. The molecule has 0 unspecified atom stereocenters. The summed E-state index contributed by atoms with van der Waals surface area (Å²) in [5.74, 6) is 0.0120. The van der Waals surface area contributed by atoms with E-state index in [0.717, 1.165) is 28.1 Å². The smallest absolute Gasteiger partial charge is 0.224 e. The molecule has 3 nitrogen and oxygen atoms in total. The highest BCUT2D eigenvalue weighted by Gasteiger charge is 2.06. The van der Waals surface area contributed by atoms with Crippen LogP contribution in [-0.4, -0.2) is 12.5 Å². The maximum Gasteiger partial charge on any atom is 0.224 e. The van der Waals surface area contributed by atoms with Crippen LogP contribution in [0.5, 0.6) is 0 Å². The van der Waals surface area contributed by atoms with Gasteiger partial charge in [-0.15, -0.1) is 0 Å². The van der Waals surface area contributed by atoms with Crippen molar-refractivity contribution in [1.29, 1.82) is 0 Å². The zero-order valence-electron chi connectivity index (χ0n) is 11.8. The maximum absolute atomic E-state index is 12.0. The van der Waals surface area contributed by atoms with Crippen LogP contribution in [0.2, 0.25) is 5.02 Å². The molecule has 21 heavy (non-hydrogen) atoms. The van der Waals surface area contributed by atoms with Gasteiger partial charge >= 0.3 is 0 Å². The van der Waals surface area contributed by atoms with Crippen LogP contribution in [0.25, 0.3) is 0 Å². The van der Waals surface area contributed by atoms with Crippen molar-refractivity contribution in [2.24, 2.45) is 5.73 Å². The van der Waals surface area contributed by atoms with Crippen LogP contribution in [0.15, 0.2) is 48.5 Å². The van der Waals surface area contributed by atoms with E-state index >= 15 is 0 Å². The number of rotatable bonds is 6. The lowest BCUT2D eigenvalue weighted by atomic mass is 10.0. The van der Waals surface area contributed by atoms with Crippen LogP contribution >= 0.6 is 11.6 Å². The molecular formula is C17H19ClN2O. The Kier molecular flexibility index (Phi) is 5.78. The molecule has 2 aromatic carbocycles. The van der Waals surface area contributed by atoms with Crippen LogP contribution < -0.4 is 11.1 Å². The van der Waals surface area contributed by atoms with Crippen molar-refractivity contribution in [2.45, 2.75) is 19.4 Å². The number of benzene rings is 2. The summed E-state index contributed by atoms with van der Waals surface area (Å²) < 4.78 is 0. The van der Waals surface area contributed by atoms with E-state index in [1.165, 1.54) is 0 Å². The van der Waals surface area contributed by atoms with E-state index in [4.69, 9.17) is 17.3 Å². The van der Waals surface area contributed by atoms with Crippen molar-refractivity contribution in [1.82, 2.24) is 5.32 Å². The van der Waals surface area contributed by atoms with Gasteiger partial charge in [-0.2, -0.15) is 0 Å². The third-order valence-corrected chi connectivity index (χ3v) is 3.55. The predicted molar refractivity (Wildman–Crippen MR) is 86.2 cm³/mol. The number of hydrogen-bond acceptors (Lipinski definition) is 2. The van der Waals surface area contributed by atoms with Crippen LogP contribution in [0.1, 0.15) is 16.7 Å². The van der Waals surface area contributed by atoms with Crippen molar-refractivity contribution >= 4 is 17.5 Å². The second-order valence-corrected chi connectivity index (χ2v) is 5.32. The molecule has 3 N–H and O–H groups in total. The Morgan fingerprint density at radius 2 is 1.86 bits per heavy atom. The van der Waals surface area contributed by atoms with E-state index in [0.29, 0.717) is 19.5 Å². The molecule has 0 atom stereocenters. The molecule has 110 valence electrons. The lowest BCUT2D eigenvalue weighted by Crippen LogP contribution is -2.27. The van der Waals surface area contributed by atoms with Gasteiger partial charge in [-0.05, 0) is 35.2 Å². The third-order valence-electron chi connectivity index (χ3n) is 3.31. The predicted octanol–water partition coefficient (Wildman–Crippen LogP) is 2.70. The molecule has 4 heteroatoms. The maximum atomic E-state index is 12.0. The highest BCUT2D eigenvalue weighted by atomic mass is 35.5. The molecule has 0 saturated carbocycles. The van der Waals surface area contributed by atoms with Gasteiger partial charge in [0.15, 0.2) is 0 Å². The largest absolute Gasteiger partial charge is 0.355 e. The standard InChI is InChI=1S/C17H19ClN2O/c18-16-7-3-4-13(10-16)8-9-20-17(21)11-14-5-1-2-6-15(14)12-19/h1-7,10H,8-9,11-12,19H2,(H,20,21). The Balaban J connectivity index is 1.82. The molecule has 0 spiro atoms. The average molecular weight is 303 g/mol. The van der Waals surface area contributed by atoms with E-state index < -0.39 is 0 Å². The van der Waals surface area contributed by atoms with Gasteiger partial charge in [0.05, 0.1) is 6.42 Å². The third kappa shape index (κ3) is 4.88. The Bertz CT molecular complexity index is 613. The number of carbonyl (C=O) groups excluding carboxylic acids is 1. The van der Waals surface area contributed by atoms with Gasteiger partial charge in [-0.1, -0.05) is 48.0 Å². The SMILES string of the molecule is NCc1ccccc1CC(=O)NCCc1cccc(Cl)c1. The lowest BCUT2D eigenvalue weighted by molar-refractivity contribution is -0.120. The number of halogens is 1. The van der Waals surface area contributed by atoms with E-state index in [2.05, 4.69) is 5.32 Å². The molecular weight excluding hydrogens is 284 g/mol. The van der Waals surface area contributed by atoms with Gasteiger partial charge in [-0.25, -0.2) is 0 Å². The van der Waals surface area contributed by atoms with Gasteiger partial charge < -0.3 is 11.1 Å². The zero-order valence-corrected chi connectivity index (χ0v) is 12.6. The fourth-order valence-electron chi connectivity index (χ4n) is 2.20. The molecule has 0 radical (unpaired) electrons. The Morgan fingerprint density at radius 1 is 1.10 bits per heavy atom. The molecule has 2 aromatic rings. The van der Waals surface area contributed by atoms with Crippen molar-refractivity contribution in [3.8, 4) is 0 Å². The second-order valence-electron chi connectivity index (χ2n) is 4.88. The number of amides is 1. The van der Waals surface area contributed by atoms with Gasteiger partial charge in [0.2, 0.25) is 5.91 Å². The summed E-state index contributed by atoms with van der Waals surface area (Å²) in [5.41, 5.74) is 8.79. The van der Waals surface area contributed by atoms with Crippen LogP contribution in [0.3, 0.4) is 0 Å². The van der Waals surface area contributed by atoms with Crippen molar-refractivity contribution in [2.75, 3.05) is 6.54 Å². The summed E-state index contributed by atoms with van der Waals surface area (Å²) >= 11 is 5.93. The Labute approximate surface area is 130 Å². The van der Waals surface area contributed by atoms with E-state index in [1.54, 1.807) is 0 Å². The zero-order chi connectivity index (χ0) is 15.1. The number of nitrogens with two attached hydrogens (primary N) is 1. The summed E-state index contributed by atoms with van der Waals surface area (Å²) in [5, 5.41) is 3.65. The van der Waals surface area contributed by atoms with Crippen LogP contribution in [0.4, 0.5) is 0 Å². The first kappa shape index (κ1) is 15.5. The molecule has 0 fully saturated rings. The topological polar surface area (TPSA) is 55.1 Å². The Morgan fingerprint density at radius 3 is 2.57 bits per heavy atom. The number of carbonyl (C=O) groups is 1. The first-order chi connectivity index (χ1) is 10.2. The van der Waals surface area contributed by atoms with Crippen LogP contribution in [0, 0.1) is 0 Å². The molecule has 2 rings (SSSR count). The first-order valence-corrected chi connectivity index (χ1v) is 7.35. The molecule has 0 bridgehead atoms. The first-order valence-electron chi connectivity index (χ1n) is 6.97. The minimum Gasteiger partial charge on any atom is -0.355 e. The minimum atomic E-state index is 0.0120. The molecule has 0 saturated heterocycles. The summed E-state index contributed by atoms with van der Waals surface area (Å²) in [6.45, 7) is 1.05. The molecule has 1 amide bonds. The number of nitrogens with one attached hydrogen (secondary N) is 1. The van der Waals surface area contributed by atoms with Crippen molar-refractivity contribution < 1.29 is 4.79 Å². The molecule has 0 heterocycles. The van der Waals surface area contributed by atoms with Gasteiger partial charge in [0, 0.05) is 18.1 Å². The van der Waals surface area contributed by atoms with Crippen molar-refractivity contribution in [3.63, 3.8) is 0 Å². The molecule has 0 aliphatic carbocycles. The second kappa shape index (κ2) is 7.81. The minimum absolute atomic E-state index is 0.0120. The summed E-state index contributed by atoms with van der Waals surface area (Å²) in [6, 6.07) is 15.4.